The summed E-state index contributed by atoms with van der Waals surface area (Å²) in [7, 11) is 0. The molecule has 0 aliphatic heterocycles. The van der Waals surface area contributed by atoms with E-state index in [4.69, 9.17) is 10.5 Å². The minimum atomic E-state index is -0.396. The molecular weight excluding hydrogens is 238 g/mol. The zero-order valence-corrected chi connectivity index (χ0v) is 10.7. The van der Waals surface area contributed by atoms with Gasteiger partial charge in [-0.25, -0.2) is 4.79 Å². The van der Waals surface area contributed by atoms with Gasteiger partial charge in [-0.2, -0.15) is 4.37 Å². The van der Waals surface area contributed by atoms with Gasteiger partial charge in [-0.15, -0.1) is 0 Å². The molecule has 0 unspecified atom stereocenters. The summed E-state index contributed by atoms with van der Waals surface area (Å²) in [5.74, 6) is 0.717. The van der Waals surface area contributed by atoms with Crippen LogP contribution in [0.5, 0.6) is 0 Å². The zero-order valence-electron chi connectivity index (χ0n) is 9.86. The van der Waals surface area contributed by atoms with E-state index in [0.29, 0.717) is 12.2 Å². The summed E-state index contributed by atoms with van der Waals surface area (Å²) < 4.78 is 8.94. The van der Waals surface area contributed by atoms with Crippen molar-refractivity contribution < 1.29 is 9.53 Å². The number of rotatable bonds is 6. The molecule has 1 aromatic heterocycles. The van der Waals surface area contributed by atoms with Crippen molar-refractivity contribution >= 4 is 28.3 Å². The summed E-state index contributed by atoms with van der Waals surface area (Å²) in [5.41, 5.74) is 6.06. The molecule has 1 saturated carbocycles. The molecule has 17 heavy (non-hydrogen) atoms. The van der Waals surface area contributed by atoms with Crippen molar-refractivity contribution in [3.8, 4) is 0 Å². The number of hydrogen-bond donors (Lipinski definition) is 2. The molecule has 6 heteroatoms. The maximum Gasteiger partial charge on any atom is 0.344 e. The van der Waals surface area contributed by atoms with E-state index in [1.54, 1.807) is 6.92 Å². The molecule has 94 valence electrons. The highest BCUT2D eigenvalue weighted by molar-refractivity contribution is 7.11. The molecule has 1 aromatic rings. The molecule has 0 atom stereocenters. The number of aromatic nitrogens is 1. The largest absolute Gasteiger partial charge is 0.462 e. The van der Waals surface area contributed by atoms with Crippen LogP contribution < -0.4 is 11.1 Å². The summed E-state index contributed by atoms with van der Waals surface area (Å²) in [6.45, 7) is 2.97. The van der Waals surface area contributed by atoms with Crippen LogP contribution in [0.3, 0.4) is 0 Å². The Balaban J connectivity index is 1.97. The highest BCUT2D eigenvalue weighted by Crippen LogP contribution is 2.33. The van der Waals surface area contributed by atoms with E-state index < -0.39 is 5.97 Å². The number of hydrogen-bond acceptors (Lipinski definition) is 6. The summed E-state index contributed by atoms with van der Waals surface area (Å²) in [6, 6.07) is 0. The SMILES string of the molecule is CCOC(=O)c1c(N)nsc1NCCC1CC1. The standard InChI is InChI=1S/C11H17N3O2S/c1-2-16-11(15)8-9(12)14-17-10(8)13-6-5-7-3-4-7/h7,13H,2-6H2,1H3,(H2,12,14). The first-order valence-corrected chi connectivity index (χ1v) is 6.65. The van der Waals surface area contributed by atoms with Crippen LogP contribution >= 0.6 is 11.5 Å². The van der Waals surface area contributed by atoms with E-state index in [2.05, 4.69) is 9.69 Å². The second kappa shape index (κ2) is 5.35. The normalized spacial score (nSPS) is 14.6. The summed E-state index contributed by atoms with van der Waals surface area (Å²) in [4.78, 5) is 11.7. The predicted octanol–water partition coefficient (Wildman–Crippen LogP) is 2.11. The highest BCUT2D eigenvalue weighted by Gasteiger charge is 2.23. The quantitative estimate of drug-likeness (QED) is 0.761. The van der Waals surface area contributed by atoms with E-state index in [9.17, 15) is 4.79 Å². The van der Waals surface area contributed by atoms with Gasteiger partial charge >= 0.3 is 5.97 Å². The lowest BCUT2D eigenvalue weighted by Crippen LogP contribution is -2.10. The van der Waals surface area contributed by atoms with Crippen molar-refractivity contribution in [2.75, 3.05) is 24.2 Å². The predicted molar refractivity (Wildman–Crippen MR) is 68.3 cm³/mol. The number of nitrogens with one attached hydrogen (secondary N) is 1. The molecule has 1 aliphatic rings. The molecule has 0 bridgehead atoms. The van der Waals surface area contributed by atoms with E-state index in [1.807, 2.05) is 0 Å². The number of nitrogens with zero attached hydrogens (tertiary/aromatic N) is 1. The van der Waals surface area contributed by atoms with E-state index >= 15 is 0 Å². The van der Waals surface area contributed by atoms with E-state index in [0.717, 1.165) is 23.9 Å². The lowest BCUT2D eigenvalue weighted by molar-refractivity contribution is 0.0529. The van der Waals surface area contributed by atoms with Crippen LogP contribution in [0.4, 0.5) is 10.8 Å². The number of carbonyl (C=O) groups excluding carboxylic acids is 1. The maximum absolute atomic E-state index is 11.7. The Bertz CT molecular complexity index is 401. The minimum absolute atomic E-state index is 0.252. The molecular formula is C11H17N3O2S. The van der Waals surface area contributed by atoms with Crippen molar-refractivity contribution in [1.82, 2.24) is 4.37 Å². The van der Waals surface area contributed by atoms with Crippen LogP contribution in [0.1, 0.15) is 36.5 Å². The van der Waals surface area contributed by atoms with Crippen LogP contribution in [-0.4, -0.2) is 23.5 Å². The third kappa shape index (κ3) is 3.09. The number of nitrogens with two attached hydrogens (primary N) is 1. The van der Waals surface area contributed by atoms with Crippen molar-refractivity contribution in [3.63, 3.8) is 0 Å². The van der Waals surface area contributed by atoms with Crippen molar-refractivity contribution in [1.29, 1.82) is 0 Å². The van der Waals surface area contributed by atoms with Gasteiger partial charge in [0.05, 0.1) is 6.61 Å². The van der Waals surface area contributed by atoms with Gasteiger partial charge in [0.25, 0.3) is 0 Å². The fraction of sp³-hybridized carbons (Fsp3) is 0.636. The second-order valence-corrected chi connectivity index (χ2v) is 4.92. The van der Waals surface area contributed by atoms with Gasteiger partial charge in [-0.05, 0) is 30.8 Å². The number of nitrogen functional groups attached to an aromatic ring is 1. The molecule has 0 spiro atoms. The first-order valence-electron chi connectivity index (χ1n) is 5.88. The third-order valence-electron chi connectivity index (χ3n) is 2.73. The Hall–Kier alpha value is -1.30. The average molecular weight is 255 g/mol. The van der Waals surface area contributed by atoms with Crippen LogP contribution in [-0.2, 0) is 4.74 Å². The van der Waals surface area contributed by atoms with Crippen molar-refractivity contribution in [2.24, 2.45) is 5.92 Å². The Morgan fingerprint density at radius 2 is 2.41 bits per heavy atom. The average Bonchev–Trinajstić information content (AvgIpc) is 3.03. The Kier molecular flexibility index (Phi) is 3.83. The van der Waals surface area contributed by atoms with Crippen molar-refractivity contribution in [3.05, 3.63) is 5.56 Å². The van der Waals surface area contributed by atoms with E-state index in [1.165, 1.54) is 24.4 Å². The number of esters is 1. The lowest BCUT2D eigenvalue weighted by atomic mass is 10.3. The topological polar surface area (TPSA) is 77.2 Å². The minimum Gasteiger partial charge on any atom is -0.462 e. The summed E-state index contributed by atoms with van der Waals surface area (Å²) in [5, 5.41) is 3.94. The zero-order chi connectivity index (χ0) is 12.3. The molecule has 2 rings (SSSR count). The Morgan fingerprint density at radius 1 is 1.65 bits per heavy atom. The molecule has 1 aliphatic carbocycles. The smallest absolute Gasteiger partial charge is 0.344 e. The van der Waals surface area contributed by atoms with Gasteiger partial charge in [0.2, 0.25) is 0 Å². The maximum atomic E-state index is 11.7. The molecule has 3 N–H and O–H groups in total. The van der Waals surface area contributed by atoms with Crippen LogP contribution in [0.15, 0.2) is 0 Å². The van der Waals surface area contributed by atoms with E-state index in [-0.39, 0.29) is 5.82 Å². The van der Waals surface area contributed by atoms with Gasteiger partial charge < -0.3 is 15.8 Å². The van der Waals surface area contributed by atoms with Gasteiger partial charge in [0.15, 0.2) is 5.82 Å². The molecule has 5 nitrogen and oxygen atoms in total. The molecule has 0 radical (unpaired) electrons. The molecule has 0 amide bonds. The molecule has 0 aromatic carbocycles. The molecule has 0 saturated heterocycles. The first-order chi connectivity index (χ1) is 8.22. The van der Waals surface area contributed by atoms with Gasteiger partial charge in [0.1, 0.15) is 10.6 Å². The van der Waals surface area contributed by atoms with Gasteiger partial charge in [0, 0.05) is 6.54 Å². The molecule has 1 heterocycles. The second-order valence-electron chi connectivity index (χ2n) is 4.15. The lowest BCUT2D eigenvalue weighted by Gasteiger charge is -2.06. The highest BCUT2D eigenvalue weighted by atomic mass is 32.1. The fourth-order valence-corrected chi connectivity index (χ4v) is 2.35. The number of ether oxygens (including phenoxy) is 1. The third-order valence-corrected chi connectivity index (χ3v) is 3.55. The molecule has 1 fully saturated rings. The van der Waals surface area contributed by atoms with Crippen LogP contribution in [0, 0.1) is 5.92 Å². The van der Waals surface area contributed by atoms with Crippen LogP contribution in [0.25, 0.3) is 0 Å². The first kappa shape index (κ1) is 12.2. The summed E-state index contributed by atoms with van der Waals surface area (Å²) in [6.07, 6.45) is 3.80. The Labute approximate surface area is 105 Å². The Morgan fingerprint density at radius 3 is 3.06 bits per heavy atom. The van der Waals surface area contributed by atoms with Crippen LogP contribution in [0.2, 0.25) is 0 Å². The number of carbonyl (C=O) groups is 1. The number of anilines is 2. The van der Waals surface area contributed by atoms with Crippen molar-refractivity contribution in [2.45, 2.75) is 26.2 Å². The van der Waals surface area contributed by atoms with Gasteiger partial charge in [-0.1, -0.05) is 12.8 Å². The fourth-order valence-electron chi connectivity index (χ4n) is 1.62. The monoisotopic (exact) mass is 255 g/mol. The van der Waals surface area contributed by atoms with Gasteiger partial charge in [-0.3, -0.25) is 0 Å². The summed E-state index contributed by atoms with van der Waals surface area (Å²) >= 11 is 1.22.